The highest BCUT2D eigenvalue weighted by Crippen LogP contribution is 2.30. The molecular weight excluding hydrogens is 282 g/mol. The topological polar surface area (TPSA) is 20.3 Å². The summed E-state index contributed by atoms with van der Waals surface area (Å²) < 4.78 is 0. The monoisotopic (exact) mass is 305 g/mol. The summed E-state index contributed by atoms with van der Waals surface area (Å²) in [6.45, 7) is 0.706. The zero-order valence-corrected chi connectivity index (χ0v) is 13.3. The van der Waals surface area contributed by atoms with Crippen molar-refractivity contribution in [2.45, 2.75) is 51.0 Å². The number of carbonyl (C=O) groups excluding carboxylic acids is 1. The molecule has 0 aromatic heterocycles. The number of hydrogen-bond donors (Lipinski definition) is 0. The SMILES string of the molecule is O=C(C1Cc2ccccc2C1)N(CCCl)C1CCCCC1. The van der Waals surface area contributed by atoms with Crippen molar-refractivity contribution in [1.82, 2.24) is 4.90 Å². The molecule has 1 fully saturated rings. The largest absolute Gasteiger partial charge is 0.338 e. The lowest BCUT2D eigenvalue weighted by atomic mass is 9.92. The van der Waals surface area contributed by atoms with E-state index in [0.717, 1.165) is 25.7 Å². The van der Waals surface area contributed by atoms with Crippen LogP contribution in [0.25, 0.3) is 0 Å². The van der Waals surface area contributed by atoms with Crippen molar-refractivity contribution >= 4 is 17.5 Å². The van der Waals surface area contributed by atoms with Gasteiger partial charge in [-0.3, -0.25) is 4.79 Å². The van der Waals surface area contributed by atoms with Gasteiger partial charge in [0.05, 0.1) is 0 Å². The van der Waals surface area contributed by atoms with Gasteiger partial charge in [-0.1, -0.05) is 43.5 Å². The Balaban J connectivity index is 1.70. The van der Waals surface area contributed by atoms with Gasteiger partial charge in [-0.05, 0) is 36.8 Å². The molecule has 2 aliphatic carbocycles. The average Bonchev–Trinajstić information content (AvgIpc) is 2.97. The van der Waals surface area contributed by atoms with Crippen LogP contribution < -0.4 is 0 Å². The molecule has 0 saturated heterocycles. The third-order valence-electron chi connectivity index (χ3n) is 5.02. The summed E-state index contributed by atoms with van der Waals surface area (Å²) in [5, 5.41) is 0. The van der Waals surface area contributed by atoms with Crippen LogP contribution in [0.15, 0.2) is 24.3 Å². The highest BCUT2D eigenvalue weighted by atomic mass is 35.5. The second-order valence-electron chi connectivity index (χ2n) is 6.39. The molecule has 2 aliphatic rings. The number of amides is 1. The molecule has 1 aromatic carbocycles. The minimum Gasteiger partial charge on any atom is -0.338 e. The molecule has 3 heteroatoms. The maximum Gasteiger partial charge on any atom is 0.226 e. The fraction of sp³-hybridized carbons (Fsp3) is 0.611. The number of halogens is 1. The molecule has 0 aliphatic heterocycles. The fourth-order valence-electron chi connectivity index (χ4n) is 3.92. The van der Waals surface area contributed by atoms with Crippen LogP contribution in [0, 0.1) is 5.92 Å². The van der Waals surface area contributed by atoms with E-state index in [1.807, 2.05) is 0 Å². The second-order valence-corrected chi connectivity index (χ2v) is 6.76. The Morgan fingerprint density at radius 1 is 1.10 bits per heavy atom. The van der Waals surface area contributed by atoms with Crippen LogP contribution in [0.2, 0.25) is 0 Å². The quantitative estimate of drug-likeness (QED) is 0.775. The number of fused-ring (bicyclic) bond motifs is 1. The number of rotatable bonds is 4. The van der Waals surface area contributed by atoms with Gasteiger partial charge in [0.25, 0.3) is 0 Å². The van der Waals surface area contributed by atoms with Gasteiger partial charge in [-0.25, -0.2) is 0 Å². The molecule has 114 valence electrons. The Morgan fingerprint density at radius 2 is 1.71 bits per heavy atom. The number of alkyl halides is 1. The molecule has 0 spiro atoms. The normalized spacial score (nSPS) is 19.5. The van der Waals surface area contributed by atoms with E-state index < -0.39 is 0 Å². The van der Waals surface area contributed by atoms with Crippen LogP contribution in [0.1, 0.15) is 43.2 Å². The van der Waals surface area contributed by atoms with Crippen molar-refractivity contribution < 1.29 is 4.79 Å². The third kappa shape index (κ3) is 3.26. The molecule has 3 rings (SSSR count). The summed E-state index contributed by atoms with van der Waals surface area (Å²) in [7, 11) is 0. The third-order valence-corrected chi connectivity index (χ3v) is 5.19. The maximum absolute atomic E-state index is 13.0. The molecule has 2 nitrogen and oxygen atoms in total. The van der Waals surface area contributed by atoms with Gasteiger partial charge < -0.3 is 4.90 Å². The highest BCUT2D eigenvalue weighted by molar-refractivity contribution is 6.18. The van der Waals surface area contributed by atoms with Crippen molar-refractivity contribution in [3.63, 3.8) is 0 Å². The molecule has 0 radical (unpaired) electrons. The number of nitrogens with zero attached hydrogens (tertiary/aromatic N) is 1. The predicted octanol–water partition coefficient (Wildman–Crippen LogP) is 3.80. The standard InChI is InChI=1S/C18H24ClNO/c19-10-11-20(17-8-2-1-3-9-17)18(21)16-12-14-6-4-5-7-15(14)13-16/h4-7,16-17H,1-3,8-13H2. The molecule has 1 amide bonds. The maximum atomic E-state index is 13.0. The Morgan fingerprint density at radius 3 is 2.29 bits per heavy atom. The smallest absolute Gasteiger partial charge is 0.226 e. The first-order chi connectivity index (χ1) is 10.3. The molecule has 0 unspecified atom stereocenters. The number of benzene rings is 1. The van der Waals surface area contributed by atoms with E-state index in [1.54, 1.807) is 0 Å². The first-order valence-corrected chi connectivity index (χ1v) is 8.76. The summed E-state index contributed by atoms with van der Waals surface area (Å²) in [5.74, 6) is 1.01. The summed E-state index contributed by atoms with van der Waals surface area (Å²) >= 11 is 5.96. The second kappa shape index (κ2) is 6.83. The van der Waals surface area contributed by atoms with Gasteiger partial charge in [0.1, 0.15) is 0 Å². The molecule has 0 atom stereocenters. The lowest BCUT2D eigenvalue weighted by Gasteiger charge is -2.35. The zero-order valence-electron chi connectivity index (χ0n) is 12.6. The van der Waals surface area contributed by atoms with Crippen molar-refractivity contribution in [3.8, 4) is 0 Å². The summed E-state index contributed by atoms with van der Waals surface area (Å²) in [5.41, 5.74) is 2.70. The van der Waals surface area contributed by atoms with Gasteiger partial charge in [0.2, 0.25) is 5.91 Å². The van der Waals surface area contributed by atoms with E-state index in [-0.39, 0.29) is 5.92 Å². The Kier molecular flexibility index (Phi) is 4.84. The summed E-state index contributed by atoms with van der Waals surface area (Å²) in [4.78, 5) is 15.1. The van der Waals surface area contributed by atoms with E-state index in [0.29, 0.717) is 24.4 Å². The molecule has 1 aromatic rings. The van der Waals surface area contributed by atoms with Crippen molar-refractivity contribution in [2.24, 2.45) is 5.92 Å². The zero-order chi connectivity index (χ0) is 14.7. The molecule has 21 heavy (non-hydrogen) atoms. The molecule has 0 bridgehead atoms. The fourth-order valence-corrected chi connectivity index (χ4v) is 4.11. The van der Waals surface area contributed by atoms with Gasteiger partial charge >= 0.3 is 0 Å². The van der Waals surface area contributed by atoms with Crippen molar-refractivity contribution in [1.29, 1.82) is 0 Å². The first-order valence-electron chi connectivity index (χ1n) is 8.23. The Hall–Kier alpha value is -1.02. The molecule has 1 saturated carbocycles. The highest BCUT2D eigenvalue weighted by Gasteiger charge is 2.33. The Bertz CT molecular complexity index is 471. The van der Waals surface area contributed by atoms with Gasteiger partial charge in [-0.15, -0.1) is 11.6 Å². The minimum atomic E-state index is 0.132. The first kappa shape index (κ1) is 14.9. The van der Waals surface area contributed by atoms with E-state index in [4.69, 9.17) is 11.6 Å². The minimum absolute atomic E-state index is 0.132. The van der Waals surface area contributed by atoms with E-state index in [1.165, 1.54) is 30.4 Å². The average molecular weight is 306 g/mol. The van der Waals surface area contributed by atoms with Gasteiger partial charge in [-0.2, -0.15) is 0 Å². The summed E-state index contributed by atoms with van der Waals surface area (Å²) in [6.07, 6.45) is 7.93. The van der Waals surface area contributed by atoms with Crippen LogP contribution >= 0.6 is 11.6 Å². The molecule has 0 N–H and O–H groups in total. The lowest BCUT2D eigenvalue weighted by Crippen LogP contribution is -2.45. The lowest BCUT2D eigenvalue weighted by molar-refractivity contribution is -0.138. The van der Waals surface area contributed by atoms with Crippen LogP contribution in [0.3, 0.4) is 0 Å². The van der Waals surface area contributed by atoms with Gasteiger partial charge in [0, 0.05) is 24.4 Å². The van der Waals surface area contributed by atoms with Crippen LogP contribution in [-0.2, 0) is 17.6 Å². The Labute approximate surface area is 132 Å². The van der Waals surface area contributed by atoms with Crippen LogP contribution in [0.4, 0.5) is 0 Å². The van der Waals surface area contributed by atoms with E-state index in [2.05, 4.69) is 29.2 Å². The number of hydrogen-bond acceptors (Lipinski definition) is 1. The van der Waals surface area contributed by atoms with Crippen LogP contribution in [-0.4, -0.2) is 29.3 Å². The number of carbonyl (C=O) groups is 1. The van der Waals surface area contributed by atoms with Gasteiger partial charge in [0.15, 0.2) is 0 Å². The van der Waals surface area contributed by atoms with Crippen molar-refractivity contribution in [2.75, 3.05) is 12.4 Å². The summed E-state index contributed by atoms with van der Waals surface area (Å²) in [6, 6.07) is 8.89. The van der Waals surface area contributed by atoms with Crippen LogP contribution in [0.5, 0.6) is 0 Å². The predicted molar refractivity (Wildman–Crippen MR) is 86.6 cm³/mol. The molecule has 0 heterocycles. The molecular formula is C18H24ClNO. The van der Waals surface area contributed by atoms with Crippen molar-refractivity contribution in [3.05, 3.63) is 35.4 Å². The van der Waals surface area contributed by atoms with E-state index in [9.17, 15) is 4.79 Å². The van der Waals surface area contributed by atoms with E-state index >= 15 is 0 Å².